The van der Waals surface area contributed by atoms with Crippen LogP contribution in [0.15, 0.2) is 24.3 Å². The van der Waals surface area contributed by atoms with Crippen LogP contribution in [0.3, 0.4) is 0 Å². The standard InChI is InChI=1S/C13H15F6NO/c14-12(15,16)8-21-6-5-11(20)7-9-1-3-10(4-2-9)13(17,18)19/h1-4,11H,5-8,20H2. The van der Waals surface area contributed by atoms with Crippen molar-refractivity contribution >= 4 is 0 Å². The van der Waals surface area contributed by atoms with Crippen molar-refractivity contribution in [3.8, 4) is 0 Å². The third-order valence-corrected chi connectivity index (χ3v) is 2.68. The summed E-state index contributed by atoms with van der Waals surface area (Å²) in [6, 6.07) is 4.03. The molecule has 8 heteroatoms. The molecule has 0 bridgehead atoms. The van der Waals surface area contributed by atoms with E-state index in [4.69, 9.17) is 5.73 Å². The SMILES string of the molecule is NC(CCOCC(F)(F)F)Cc1ccc(C(F)(F)F)cc1. The van der Waals surface area contributed by atoms with Gasteiger partial charge in [-0.2, -0.15) is 26.3 Å². The van der Waals surface area contributed by atoms with Gasteiger partial charge in [0, 0.05) is 12.6 Å². The maximum atomic E-state index is 12.4. The molecule has 0 fully saturated rings. The number of ether oxygens (including phenoxy) is 1. The Labute approximate surface area is 117 Å². The molecule has 0 spiro atoms. The predicted octanol–water partition coefficient (Wildman–Crippen LogP) is 3.54. The number of nitrogens with two attached hydrogens (primary N) is 1. The fourth-order valence-electron chi connectivity index (χ4n) is 1.66. The van der Waals surface area contributed by atoms with Crippen molar-refractivity contribution in [2.45, 2.75) is 31.2 Å². The Morgan fingerprint density at radius 1 is 1.00 bits per heavy atom. The minimum absolute atomic E-state index is 0.151. The molecule has 0 radical (unpaired) electrons. The maximum Gasteiger partial charge on any atom is 0.416 e. The number of hydrogen-bond donors (Lipinski definition) is 1. The summed E-state index contributed by atoms with van der Waals surface area (Å²) in [5, 5.41) is 0. The molecular weight excluding hydrogens is 300 g/mol. The summed E-state index contributed by atoms with van der Waals surface area (Å²) in [4.78, 5) is 0. The lowest BCUT2D eigenvalue weighted by atomic mass is 10.0. The lowest BCUT2D eigenvalue weighted by Crippen LogP contribution is -2.26. The third kappa shape index (κ3) is 7.33. The van der Waals surface area contributed by atoms with Crippen molar-refractivity contribution in [3.05, 3.63) is 35.4 Å². The van der Waals surface area contributed by atoms with Gasteiger partial charge < -0.3 is 10.5 Å². The number of hydrogen-bond acceptors (Lipinski definition) is 2. The molecule has 1 aromatic carbocycles. The van der Waals surface area contributed by atoms with E-state index in [1.807, 2.05) is 0 Å². The van der Waals surface area contributed by atoms with Crippen molar-refractivity contribution in [2.75, 3.05) is 13.2 Å². The molecule has 1 atom stereocenters. The molecule has 2 nitrogen and oxygen atoms in total. The summed E-state index contributed by atoms with van der Waals surface area (Å²) in [5.74, 6) is 0. The largest absolute Gasteiger partial charge is 0.416 e. The maximum absolute atomic E-state index is 12.4. The van der Waals surface area contributed by atoms with E-state index in [1.54, 1.807) is 0 Å². The second kappa shape index (κ2) is 7.13. The highest BCUT2D eigenvalue weighted by atomic mass is 19.4. The molecule has 120 valence electrons. The topological polar surface area (TPSA) is 35.2 Å². The normalized spacial score (nSPS) is 14.2. The summed E-state index contributed by atoms with van der Waals surface area (Å²) < 4.78 is 76.9. The van der Waals surface area contributed by atoms with Gasteiger partial charge in [-0.15, -0.1) is 0 Å². The van der Waals surface area contributed by atoms with E-state index in [-0.39, 0.29) is 19.4 Å². The van der Waals surface area contributed by atoms with Crippen LogP contribution in [0.5, 0.6) is 0 Å². The Kier molecular flexibility index (Phi) is 6.03. The van der Waals surface area contributed by atoms with E-state index in [0.29, 0.717) is 5.56 Å². The Morgan fingerprint density at radius 3 is 2.05 bits per heavy atom. The van der Waals surface area contributed by atoms with Gasteiger partial charge in [-0.3, -0.25) is 0 Å². The van der Waals surface area contributed by atoms with Crippen molar-refractivity contribution in [1.29, 1.82) is 0 Å². The van der Waals surface area contributed by atoms with E-state index in [2.05, 4.69) is 4.74 Å². The Balaban J connectivity index is 2.36. The van der Waals surface area contributed by atoms with Gasteiger partial charge in [-0.1, -0.05) is 12.1 Å². The average molecular weight is 315 g/mol. The van der Waals surface area contributed by atoms with Gasteiger partial charge in [-0.05, 0) is 30.5 Å². The average Bonchev–Trinajstić information content (AvgIpc) is 2.33. The van der Waals surface area contributed by atoms with Crippen LogP contribution in [0, 0.1) is 0 Å². The van der Waals surface area contributed by atoms with Gasteiger partial charge in [0.1, 0.15) is 6.61 Å². The van der Waals surface area contributed by atoms with Gasteiger partial charge in [-0.25, -0.2) is 0 Å². The molecular formula is C13H15F6NO. The summed E-state index contributed by atoms with van der Waals surface area (Å²) in [6.07, 6.45) is -8.31. The molecule has 21 heavy (non-hydrogen) atoms. The van der Waals surface area contributed by atoms with Crippen molar-refractivity contribution in [3.63, 3.8) is 0 Å². The number of halogens is 6. The quantitative estimate of drug-likeness (QED) is 0.644. The molecule has 2 N–H and O–H groups in total. The molecule has 0 amide bonds. The Bertz CT molecular complexity index is 426. The molecule has 0 heterocycles. The second-order valence-electron chi connectivity index (χ2n) is 4.62. The lowest BCUT2D eigenvalue weighted by molar-refractivity contribution is -0.174. The number of benzene rings is 1. The smallest absolute Gasteiger partial charge is 0.372 e. The fraction of sp³-hybridized carbons (Fsp3) is 0.538. The van der Waals surface area contributed by atoms with Crippen LogP contribution in [0.25, 0.3) is 0 Å². The molecule has 0 aromatic heterocycles. The van der Waals surface area contributed by atoms with Crippen LogP contribution in [0.1, 0.15) is 17.5 Å². The highest BCUT2D eigenvalue weighted by Gasteiger charge is 2.30. The first kappa shape index (κ1) is 17.8. The van der Waals surface area contributed by atoms with Crippen LogP contribution in [-0.4, -0.2) is 25.4 Å². The van der Waals surface area contributed by atoms with Gasteiger partial charge in [0.05, 0.1) is 5.56 Å². The molecule has 0 aliphatic heterocycles. The summed E-state index contributed by atoms with van der Waals surface area (Å²) in [6.45, 7) is -1.48. The zero-order valence-electron chi connectivity index (χ0n) is 11.0. The molecule has 1 unspecified atom stereocenters. The number of alkyl halides is 6. The first-order valence-electron chi connectivity index (χ1n) is 6.14. The zero-order chi connectivity index (χ0) is 16.1. The Morgan fingerprint density at radius 2 is 1.57 bits per heavy atom. The monoisotopic (exact) mass is 315 g/mol. The lowest BCUT2D eigenvalue weighted by Gasteiger charge is -2.13. The summed E-state index contributed by atoms with van der Waals surface area (Å²) in [7, 11) is 0. The van der Waals surface area contributed by atoms with Crippen LogP contribution in [-0.2, 0) is 17.3 Å². The van der Waals surface area contributed by atoms with Gasteiger partial charge in [0.25, 0.3) is 0 Å². The Hall–Kier alpha value is -1.28. The van der Waals surface area contributed by atoms with Crippen molar-refractivity contribution in [2.24, 2.45) is 5.73 Å². The van der Waals surface area contributed by atoms with Gasteiger partial charge >= 0.3 is 12.4 Å². The molecule has 0 saturated carbocycles. The van der Waals surface area contributed by atoms with Crippen molar-refractivity contribution < 1.29 is 31.1 Å². The molecule has 0 aliphatic carbocycles. The van der Waals surface area contributed by atoms with Crippen LogP contribution in [0.2, 0.25) is 0 Å². The summed E-state index contributed by atoms with van der Waals surface area (Å²) in [5.41, 5.74) is 5.53. The highest BCUT2D eigenvalue weighted by molar-refractivity contribution is 5.25. The fourth-order valence-corrected chi connectivity index (χ4v) is 1.66. The van der Waals surface area contributed by atoms with Gasteiger partial charge in [0.2, 0.25) is 0 Å². The van der Waals surface area contributed by atoms with E-state index >= 15 is 0 Å². The predicted molar refractivity (Wildman–Crippen MR) is 64.6 cm³/mol. The third-order valence-electron chi connectivity index (χ3n) is 2.68. The first-order chi connectivity index (χ1) is 9.58. The van der Waals surface area contributed by atoms with E-state index in [9.17, 15) is 26.3 Å². The first-order valence-corrected chi connectivity index (χ1v) is 6.14. The zero-order valence-corrected chi connectivity index (χ0v) is 11.0. The van der Waals surface area contributed by atoms with Gasteiger partial charge in [0.15, 0.2) is 0 Å². The highest BCUT2D eigenvalue weighted by Crippen LogP contribution is 2.29. The summed E-state index contributed by atoms with van der Waals surface area (Å²) >= 11 is 0. The molecule has 0 saturated heterocycles. The van der Waals surface area contributed by atoms with Crippen LogP contribution < -0.4 is 5.73 Å². The second-order valence-corrected chi connectivity index (χ2v) is 4.62. The number of rotatable bonds is 6. The van der Waals surface area contributed by atoms with E-state index in [1.165, 1.54) is 12.1 Å². The van der Waals surface area contributed by atoms with Crippen molar-refractivity contribution in [1.82, 2.24) is 0 Å². The van der Waals surface area contributed by atoms with E-state index < -0.39 is 30.6 Å². The van der Waals surface area contributed by atoms with E-state index in [0.717, 1.165) is 12.1 Å². The minimum atomic E-state index is -4.40. The minimum Gasteiger partial charge on any atom is -0.372 e. The molecule has 0 aliphatic rings. The van der Waals surface area contributed by atoms with Crippen LogP contribution in [0.4, 0.5) is 26.3 Å². The molecule has 1 rings (SSSR count). The molecule has 1 aromatic rings. The van der Waals surface area contributed by atoms with Crippen LogP contribution >= 0.6 is 0 Å².